The van der Waals surface area contributed by atoms with Crippen LogP contribution in [0.25, 0.3) is 0 Å². The summed E-state index contributed by atoms with van der Waals surface area (Å²) in [6.07, 6.45) is 48.2. The third-order valence-corrected chi connectivity index (χ3v) is 12.2. The summed E-state index contributed by atoms with van der Waals surface area (Å²) in [5.74, 6) is 0.744. The molecule has 0 fully saturated rings. The van der Waals surface area contributed by atoms with Crippen molar-refractivity contribution >= 4 is 17.9 Å². The summed E-state index contributed by atoms with van der Waals surface area (Å²) < 4.78 is 16.8. The molecule has 0 amide bonds. The summed E-state index contributed by atoms with van der Waals surface area (Å²) >= 11 is 0. The van der Waals surface area contributed by atoms with Crippen LogP contribution in [0.4, 0.5) is 0 Å². The van der Waals surface area contributed by atoms with Crippen LogP contribution in [0.2, 0.25) is 0 Å². The molecule has 0 saturated carbocycles. The van der Waals surface area contributed by atoms with Crippen LogP contribution in [-0.2, 0) is 28.6 Å². The van der Waals surface area contributed by atoms with Crippen LogP contribution in [0, 0.1) is 11.8 Å². The van der Waals surface area contributed by atoms with Gasteiger partial charge in [0.1, 0.15) is 13.2 Å². The maximum Gasteiger partial charge on any atom is 0.306 e. The zero-order valence-corrected chi connectivity index (χ0v) is 41.1. The highest BCUT2D eigenvalue weighted by Crippen LogP contribution is 2.17. The molecule has 0 heterocycles. The lowest BCUT2D eigenvalue weighted by atomic mass is 10.0. The zero-order chi connectivity index (χ0) is 44.0. The Labute approximate surface area is 374 Å². The number of carbonyl (C=O) groups is 3. The summed E-state index contributed by atoms with van der Waals surface area (Å²) in [5, 5.41) is 0. The molecule has 0 rings (SSSR count). The van der Waals surface area contributed by atoms with E-state index in [9.17, 15) is 14.4 Å². The topological polar surface area (TPSA) is 78.9 Å². The maximum atomic E-state index is 12.8. The van der Waals surface area contributed by atoms with E-state index >= 15 is 0 Å². The first-order chi connectivity index (χ1) is 29.2. The van der Waals surface area contributed by atoms with Crippen molar-refractivity contribution in [2.45, 2.75) is 304 Å². The SMILES string of the molecule is CCCCCCCCCCCCCCCCCCCCC(=O)OC[C@H](COC(=O)CCCCCCCCC(C)C)OC(=O)CCCCCCCCCCCCCCC(C)C. The van der Waals surface area contributed by atoms with Gasteiger partial charge < -0.3 is 14.2 Å². The maximum absolute atomic E-state index is 12.8. The van der Waals surface area contributed by atoms with Crippen LogP contribution in [0.3, 0.4) is 0 Å². The number of carbonyl (C=O) groups excluding carboxylic acids is 3. The molecule has 0 radical (unpaired) electrons. The van der Waals surface area contributed by atoms with E-state index in [2.05, 4.69) is 34.6 Å². The lowest BCUT2D eigenvalue weighted by Gasteiger charge is -2.18. The molecule has 0 aliphatic carbocycles. The monoisotopic (exact) mass is 849 g/mol. The average Bonchev–Trinajstić information content (AvgIpc) is 3.22. The Bertz CT molecular complexity index is 916. The number of hydrogen-bond donors (Lipinski definition) is 0. The molecule has 60 heavy (non-hydrogen) atoms. The first-order valence-electron chi connectivity index (χ1n) is 26.7. The quantitative estimate of drug-likeness (QED) is 0.0345. The Morgan fingerprint density at radius 1 is 0.317 bits per heavy atom. The number of rotatable bonds is 48. The van der Waals surface area contributed by atoms with Gasteiger partial charge in [0.2, 0.25) is 0 Å². The Kier molecular flexibility index (Phi) is 45.7. The Morgan fingerprint density at radius 2 is 0.550 bits per heavy atom. The predicted molar refractivity (Wildman–Crippen MR) is 256 cm³/mol. The van der Waals surface area contributed by atoms with Crippen molar-refractivity contribution < 1.29 is 28.6 Å². The molecule has 0 unspecified atom stereocenters. The first-order valence-corrected chi connectivity index (χ1v) is 26.7. The van der Waals surface area contributed by atoms with E-state index in [1.54, 1.807) is 0 Å². The molecule has 1 atom stereocenters. The van der Waals surface area contributed by atoms with Gasteiger partial charge in [-0.05, 0) is 31.1 Å². The molecule has 0 aromatic heterocycles. The minimum Gasteiger partial charge on any atom is -0.462 e. The van der Waals surface area contributed by atoms with E-state index in [0.29, 0.717) is 19.3 Å². The lowest BCUT2D eigenvalue weighted by Crippen LogP contribution is -2.30. The molecular formula is C54H104O6. The number of hydrogen-bond acceptors (Lipinski definition) is 6. The zero-order valence-electron chi connectivity index (χ0n) is 41.1. The van der Waals surface area contributed by atoms with Gasteiger partial charge in [-0.1, -0.05) is 259 Å². The highest BCUT2D eigenvalue weighted by atomic mass is 16.6. The molecule has 6 nitrogen and oxygen atoms in total. The van der Waals surface area contributed by atoms with Gasteiger partial charge in [-0.25, -0.2) is 0 Å². The first kappa shape index (κ1) is 58.4. The van der Waals surface area contributed by atoms with E-state index in [1.165, 1.54) is 186 Å². The third-order valence-electron chi connectivity index (χ3n) is 12.2. The van der Waals surface area contributed by atoms with Crippen molar-refractivity contribution in [1.29, 1.82) is 0 Å². The fourth-order valence-corrected chi connectivity index (χ4v) is 8.17. The second-order valence-electron chi connectivity index (χ2n) is 19.5. The van der Waals surface area contributed by atoms with Crippen LogP contribution in [-0.4, -0.2) is 37.2 Å². The molecule has 0 N–H and O–H groups in total. The van der Waals surface area contributed by atoms with E-state index in [4.69, 9.17) is 14.2 Å². The van der Waals surface area contributed by atoms with Crippen molar-refractivity contribution in [2.24, 2.45) is 11.8 Å². The second-order valence-corrected chi connectivity index (χ2v) is 19.5. The van der Waals surface area contributed by atoms with Gasteiger partial charge in [0.05, 0.1) is 0 Å². The minimum absolute atomic E-state index is 0.0643. The smallest absolute Gasteiger partial charge is 0.306 e. The highest BCUT2D eigenvalue weighted by molar-refractivity contribution is 5.71. The molecule has 6 heteroatoms. The van der Waals surface area contributed by atoms with E-state index < -0.39 is 6.10 Å². The van der Waals surface area contributed by atoms with Gasteiger partial charge in [-0.2, -0.15) is 0 Å². The Morgan fingerprint density at radius 3 is 0.817 bits per heavy atom. The predicted octanol–water partition coefficient (Wildman–Crippen LogP) is 17.3. The number of esters is 3. The van der Waals surface area contributed by atoms with Crippen molar-refractivity contribution in [2.75, 3.05) is 13.2 Å². The third kappa shape index (κ3) is 47.5. The summed E-state index contributed by atoms with van der Waals surface area (Å²) in [5.41, 5.74) is 0. The fourth-order valence-electron chi connectivity index (χ4n) is 8.17. The molecule has 0 saturated heterocycles. The molecule has 0 spiro atoms. The van der Waals surface area contributed by atoms with Gasteiger partial charge in [-0.3, -0.25) is 14.4 Å². The average molecular weight is 849 g/mol. The summed E-state index contributed by atoms with van der Waals surface area (Å²) in [4.78, 5) is 37.9. The number of unbranched alkanes of at least 4 members (excludes halogenated alkanes) is 33. The normalized spacial score (nSPS) is 12.1. The van der Waals surface area contributed by atoms with Gasteiger partial charge in [-0.15, -0.1) is 0 Å². The fraction of sp³-hybridized carbons (Fsp3) is 0.944. The van der Waals surface area contributed by atoms with Crippen LogP contribution >= 0.6 is 0 Å². The van der Waals surface area contributed by atoms with Crippen LogP contribution in [0.15, 0.2) is 0 Å². The molecule has 0 aromatic rings. The standard InChI is InChI=1S/C54H104O6/c1-6-7-8-9-10-11-12-13-14-15-16-17-18-22-25-28-34-39-44-52(55)58-47-51(48-59-53(56)45-40-35-31-30-33-38-43-50(4)5)60-54(57)46-41-36-29-26-23-20-19-21-24-27-32-37-42-49(2)3/h49-51H,6-48H2,1-5H3/t51-/m1/s1. The van der Waals surface area contributed by atoms with E-state index in [1.807, 2.05) is 0 Å². The highest BCUT2D eigenvalue weighted by Gasteiger charge is 2.19. The molecule has 0 aliphatic rings. The van der Waals surface area contributed by atoms with Crippen LogP contribution < -0.4 is 0 Å². The van der Waals surface area contributed by atoms with Crippen molar-refractivity contribution in [3.05, 3.63) is 0 Å². The van der Waals surface area contributed by atoms with Gasteiger partial charge >= 0.3 is 17.9 Å². The molecular weight excluding hydrogens is 745 g/mol. The molecule has 0 aromatic carbocycles. The summed E-state index contributed by atoms with van der Waals surface area (Å²) in [6.45, 7) is 11.3. The Hall–Kier alpha value is -1.59. The molecule has 0 bridgehead atoms. The Balaban J connectivity index is 4.24. The van der Waals surface area contributed by atoms with Crippen molar-refractivity contribution in [3.8, 4) is 0 Å². The largest absolute Gasteiger partial charge is 0.462 e. The lowest BCUT2D eigenvalue weighted by molar-refractivity contribution is -0.167. The van der Waals surface area contributed by atoms with Crippen molar-refractivity contribution in [1.82, 2.24) is 0 Å². The second kappa shape index (κ2) is 46.9. The van der Waals surface area contributed by atoms with Crippen LogP contribution in [0.1, 0.15) is 298 Å². The number of ether oxygens (including phenoxy) is 3. The van der Waals surface area contributed by atoms with E-state index in [-0.39, 0.29) is 31.1 Å². The van der Waals surface area contributed by atoms with Gasteiger partial charge in [0, 0.05) is 19.3 Å². The summed E-state index contributed by atoms with van der Waals surface area (Å²) in [7, 11) is 0. The molecule has 0 aliphatic heterocycles. The molecule has 356 valence electrons. The van der Waals surface area contributed by atoms with Crippen molar-refractivity contribution in [3.63, 3.8) is 0 Å². The summed E-state index contributed by atoms with van der Waals surface area (Å²) in [6, 6.07) is 0. The van der Waals surface area contributed by atoms with Gasteiger partial charge in [0.15, 0.2) is 6.10 Å². The van der Waals surface area contributed by atoms with E-state index in [0.717, 1.165) is 69.6 Å². The van der Waals surface area contributed by atoms with Crippen LogP contribution in [0.5, 0.6) is 0 Å². The van der Waals surface area contributed by atoms with Gasteiger partial charge in [0.25, 0.3) is 0 Å². The minimum atomic E-state index is -0.762.